The van der Waals surface area contributed by atoms with Gasteiger partial charge in [-0.1, -0.05) is 13.0 Å². The summed E-state index contributed by atoms with van der Waals surface area (Å²) in [7, 11) is 0. The number of aryl methyl sites for hydroxylation is 2. The number of pyridine rings is 2. The zero-order chi connectivity index (χ0) is 23.3. The number of aromatic nitrogens is 2. The molecule has 1 amide bonds. The highest BCUT2D eigenvalue weighted by Crippen LogP contribution is 2.34. The highest BCUT2D eigenvalue weighted by Gasteiger charge is 2.31. The van der Waals surface area contributed by atoms with Crippen LogP contribution in [0, 0.1) is 12.7 Å². The Morgan fingerprint density at radius 2 is 2.18 bits per heavy atom. The van der Waals surface area contributed by atoms with Gasteiger partial charge in [-0.15, -0.1) is 11.3 Å². The third-order valence-corrected chi connectivity index (χ3v) is 7.97. The number of rotatable bonds is 4. The molecule has 4 heterocycles. The molecule has 0 aromatic carbocycles. The number of hydrogen-bond acceptors (Lipinski definition) is 7. The molecule has 3 atom stereocenters. The van der Waals surface area contributed by atoms with Crippen LogP contribution in [-0.2, 0) is 12.8 Å². The lowest BCUT2D eigenvalue weighted by Crippen LogP contribution is -2.39. The van der Waals surface area contributed by atoms with Crippen LogP contribution in [-0.4, -0.2) is 40.5 Å². The maximum absolute atomic E-state index is 13.9. The van der Waals surface area contributed by atoms with Crippen LogP contribution >= 0.6 is 11.3 Å². The number of nitrogens with one attached hydrogen (secondary N) is 1. The van der Waals surface area contributed by atoms with Gasteiger partial charge in [-0.3, -0.25) is 4.79 Å². The first-order valence-corrected chi connectivity index (χ1v) is 12.3. The Labute approximate surface area is 196 Å². The summed E-state index contributed by atoms with van der Waals surface area (Å²) in [6, 6.07) is 6.21. The molecule has 9 heteroatoms. The molecule has 1 aliphatic carbocycles. The van der Waals surface area contributed by atoms with Crippen LogP contribution in [0.25, 0.3) is 10.2 Å². The number of nitrogen functional groups attached to an aromatic ring is 1. The molecular weight excluding hydrogens is 439 g/mol. The minimum absolute atomic E-state index is 0.00251. The van der Waals surface area contributed by atoms with Crippen LogP contribution in [0.15, 0.2) is 18.2 Å². The van der Waals surface area contributed by atoms with Gasteiger partial charge in [0.2, 0.25) is 0 Å². The van der Waals surface area contributed by atoms with Crippen LogP contribution < -0.4 is 21.7 Å². The topological polar surface area (TPSA) is 110 Å². The number of hydrogen-bond donors (Lipinski definition) is 3. The van der Waals surface area contributed by atoms with Crippen molar-refractivity contribution >= 4 is 39.0 Å². The Kier molecular flexibility index (Phi) is 5.70. The zero-order valence-corrected chi connectivity index (χ0v) is 19.7. The number of nitrogens with zero attached hydrogens (tertiary/aromatic N) is 3. The van der Waals surface area contributed by atoms with Crippen molar-refractivity contribution in [3.8, 4) is 0 Å². The fourth-order valence-corrected chi connectivity index (χ4v) is 6.05. The van der Waals surface area contributed by atoms with Crippen LogP contribution in [0.2, 0.25) is 0 Å². The molecule has 7 nitrogen and oxygen atoms in total. The Bertz CT molecular complexity index is 1230. The molecule has 1 aliphatic heterocycles. The third-order valence-electron chi connectivity index (χ3n) is 6.85. The number of halogens is 1. The first-order chi connectivity index (χ1) is 15.8. The van der Waals surface area contributed by atoms with Gasteiger partial charge in [0.15, 0.2) is 0 Å². The minimum atomic E-state index is -0.420. The summed E-state index contributed by atoms with van der Waals surface area (Å²) >= 11 is 1.20. The fourth-order valence-electron chi connectivity index (χ4n) is 5.03. The van der Waals surface area contributed by atoms with Gasteiger partial charge in [-0.25, -0.2) is 14.4 Å². The van der Waals surface area contributed by atoms with Gasteiger partial charge in [0.05, 0.1) is 11.4 Å². The van der Waals surface area contributed by atoms with Crippen molar-refractivity contribution in [1.82, 2.24) is 15.3 Å². The molecule has 0 spiro atoms. The Morgan fingerprint density at radius 3 is 2.97 bits per heavy atom. The molecule has 174 valence electrons. The van der Waals surface area contributed by atoms with Crippen molar-refractivity contribution in [3.63, 3.8) is 0 Å². The number of thiophene rings is 1. The lowest BCUT2D eigenvalue weighted by Gasteiger charge is -2.28. The van der Waals surface area contributed by atoms with E-state index in [2.05, 4.69) is 34.3 Å². The van der Waals surface area contributed by atoms with E-state index in [4.69, 9.17) is 16.5 Å². The highest BCUT2D eigenvalue weighted by atomic mass is 32.1. The van der Waals surface area contributed by atoms with Gasteiger partial charge in [0.1, 0.15) is 21.3 Å². The van der Waals surface area contributed by atoms with E-state index in [1.807, 2.05) is 0 Å². The van der Waals surface area contributed by atoms with Gasteiger partial charge >= 0.3 is 0 Å². The molecule has 0 radical (unpaired) electrons. The maximum Gasteiger partial charge on any atom is 0.263 e. The second-order valence-electron chi connectivity index (χ2n) is 9.15. The quantitative estimate of drug-likeness (QED) is 0.542. The van der Waals surface area contributed by atoms with E-state index in [1.54, 1.807) is 6.92 Å². The summed E-state index contributed by atoms with van der Waals surface area (Å²) in [6.07, 6.45) is 4.40. The average molecular weight is 469 g/mol. The molecule has 1 fully saturated rings. The normalized spacial score (nSPS) is 22.5. The summed E-state index contributed by atoms with van der Waals surface area (Å²) in [5.41, 5.74) is 15.2. The van der Waals surface area contributed by atoms with E-state index < -0.39 is 5.82 Å². The van der Waals surface area contributed by atoms with Gasteiger partial charge in [0.25, 0.3) is 5.91 Å². The van der Waals surface area contributed by atoms with Crippen LogP contribution in [0.1, 0.15) is 52.8 Å². The van der Waals surface area contributed by atoms with E-state index >= 15 is 0 Å². The van der Waals surface area contributed by atoms with Crippen molar-refractivity contribution in [2.24, 2.45) is 5.73 Å². The van der Waals surface area contributed by atoms with Gasteiger partial charge in [-0.2, -0.15) is 0 Å². The smallest absolute Gasteiger partial charge is 0.263 e. The summed E-state index contributed by atoms with van der Waals surface area (Å²) in [5.74, 6) is 0.350. The first-order valence-electron chi connectivity index (χ1n) is 11.5. The average Bonchev–Trinajstić information content (AvgIpc) is 3.33. The standard InChI is InChI=1S/C24H29FN6OS/c1-3-16-9-14(26)11-31(16)20-7-4-13-8-15(5-6-19(13)30-20)29-23(32)22-21(27)17-10-18(25)12(2)28-24(17)33-22/h4,7,10,14-16H,3,5-6,8-9,11,26-27H2,1-2H3,(H,29,32). The van der Waals surface area contributed by atoms with E-state index in [9.17, 15) is 9.18 Å². The van der Waals surface area contributed by atoms with Crippen molar-refractivity contribution in [2.45, 2.75) is 64.1 Å². The number of carbonyl (C=O) groups is 1. The van der Waals surface area contributed by atoms with Crippen molar-refractivity contribution in [1.29, 1.82) is 0 Å². The second-order valence-corrected chi connectivity index (χ2v) is 10.2. The van der Waals surface area contributed by atoms with Crippen LogP contribution in [0.5, 0.6) is 0 Å². The predicted molar refractivity (Wildman–Crippen MR) is 130 cm³/mol. The molecule has 2 aliphatic rings. The molecule has 3 aromatic heterocycles. The Hall–Kier alpha value is -2.78. The lowest BCUT2D eigenvalue weighted by atomic mass is 9.91. The largest absolute Gasteiger partial charge is 0.397 e. The molecule has 3 aromatic rings. The summed E-state index contributed by atoms with van der Waals surface area (Å²) in [5, 5.41) is 3.61. The Morgan fingerprint density at radius 1 is 1.36 bits per heavy atom. The number of anilines is 2. The van der Waals surface area contributed by atoms with Crippen LogP contribution in [0.4, 0.5) is 15.9 Å². The molecule has 5 rings (SSSR count). The first kappa shape index (κ1) is 22.0. The minimum Gasteiger partial charge on any atom is -0.397 e. The fraction of sp³-hybridized carbons (Fsp3) is 0.458. The third kappa shape index (κ3) is 4.04. The van der Waals surface area contributed by atoms with E-state index in [-0.39, 0.29) is 23.7 Å². The number of amides is 1. The van der Waals surface area contributed by atoms with E-state index in [0.717, 1.165) is 55.7 Å². The number of carbonyl (C=O) groups excluding carboxylic acids is 1. The van der Waals surface area contributed by atoms with Crippen LogP contribution in [0.3, 0.4) is 0 Å². The van der Waals surface area contributed by atoms with E-state index in [0.29, 0.717) is 26.8 Å². The van der Waals surface area contributed by atoms with Crippen molar-refractivity contribution < 1.29 is 9.18 Å². The van der Waals surface area contributed by atoms with Gasteiger partial charge in [-0.05, 0) is 56.7 Å². The molecule has 0 bridgehead atoms. The van der Waals surface area contributed by atoms with E-state index in [1.165, 1.54) is 17.4 Å². The number of fused-ring (bicyclic) bond motifs is 2. The van der Waals surface area contributed by atoms with Gasteiger partial charge < -0.3 is 21.7 Å². The molecule has 1 saturated heterocycles. The predicted octanol–water partition coefficient (Wildman–Crippen LogP) is 3.32. The van der Waals surface area contributed by atoms with Crippen molar-refractivity contribution in [2.75, 3.05) is 17.2 Å². The summed E-state index contributed by atoms with van der Waals surface area (Å²) in [6.45, 7) is 4.64. The molecule has 33 heavy (non-hydrogen) atoms. The highest BCUT2D eigenvalue weighted by molar-refractivity contribution is 7.21. The monoisotopic (exact) mass is 468 g/mol. The number of nitrogens with two attached hydrogens (primary N) is 2. The SMILES string of the molecule is CCC1CC(N)CN1c1ccc2c(n1)CCC(NC(=O)c1sc3nc(C)c(F)cc3c1N)C2. The van der Waals surface area contributed by atoms with Crippen molar-refractivity contribution in [3.05, 3.63) is 45.8 Å². The molecule has 3 unspecified atom stereocenters. The molecule has 0 saturated carbocycles. The second kappa shape index (κ2) is 8.53. The summed E-state index contributed by atoms with van der Waals surface area (Å²) < 4.78 is 13.9. The molecule has 5 N–H and O–H groups in total. The van der Waals surface area contributed by atoms with Gasteiger partial charge in [0, 0.05) is 35.8 Å². The maximum atomic E-state index is 13.9. The zero-order valence-electron chi connectivity index (χ0n) is 18.9. The Balaban J connectivity index is 1.30. The lowest BCUT2D eigenvalue weighted by molar-refractivity contribution is 0.0938. The summed E-state index contributed by atoms with van der Waals surface area (Å²) in [4.78, 5) is 25.5. The molecular formula is C24H29FN6OS.